The third kappa shape index (κ3) is 2.98. The van der Waals surface area contributed by atoms with Crippen LogP contribution < -0.4 is 10.6 Å². The van der Waals surface area contributed by atoms with Crippen molar-refractivity contribution in [1.82, 2.24) is 15.5 Å². The van der Waals surface area contributed by atoms with E-state index in [1.807, 2.05) is 4.90 Å². The topological polar surface area (TPSA) is 68.2 Å². The molecule has 5 heteroatoms. The van der Waals surface area contributed by atoms with Crippen LogP contribution in [0.4, 0.5) is 0 Å². The van der Waals surface area contributed by atoms with E-state index in [1.54, 1.807) is 7.05 Å². The van der Waals surface area contributed by atoms with Crippen LogP contribution in [0, 0.1) is 11.3 Å². The van der Waals surface area contributed by atoms with Crippen LogP contribution in [-0.4, -0.2) is 50.1 Å². The number of nitrogens with one attached hydrogen (secondary N) is 2. The Bertz CT molecular complexity index is 229. The van der Waals surface area contributed by atoms with Crippen LogP contribution in [0.2, 0.25) is 0 Å². The van der Waals surface area contributed by atoms with E-state index in [0.29, 0.717) is 0 Å². The molecule has 1 aliphatic rings. The van der Waals surface area contributed by atoms with Crippen molar-refractivity contribution >= 4 is 5.91 Å². The maximum Gasteiger partial charge on any atom is 0.222 e. The molecule has 5 nitrogen and oxygen atoms in total. The molecule has 1 aliphatic heterocycles. The highest BCUT2D eigenvalue weighted by Crippen LogP contribution is 2.04. The van der Waals surface area contributed by atoms with Gasteiger partial charge in [-0.1, -0.05) is 0 Å². The molecule has 0 aromatic heterocycles. The summed E-state index contributed by atoms with van der Waals surface area (Å²) in [6.45, 7) is 3.47. The molecular formula is C9H16N4O. The summed E-state index contributed by atoms with van der Waals surface area (Å²) < 4.78 is 0. The van der Waals surface area contributed by atoms with Gasteiger partial charge in [-0.3, -0.25) is 9.69 Å². The van der Waals surface area contributed by atoms with E-state index < -0.39 is 0 Å². The molecule has 0 radical (unpaired) electrons. The molecule has 14 heavy (non-hydrogen) atoms. The second kappa shape index (κ2) is 5.58. The normalized spacial score (nSPS) is 19.7. The van der Waals surface area contributed by atoms with E-state index in [2.05, 4.69) is 16.7 Å². The molecule has 1 rings (SSSR count). The van der Waals surface area contributed by atoms with E-state index in [4.69, 9.17) is 5.26 Å². The summed E-state index contributed by atoms with van der Waals surface area (Å²) in [5, 5.41) is 14.7. The van der Waals surface area contributed by atoms with E-state index in [1.165, 1.54) is 0 Å². The number of piperazine rings is 1. The van der Waals surface area contributed by atoms with Crippen molar-refractivity contribution in [3.63, 3.8) is 0 Å². The molecule has 1 unspecified atom stereocenters. The maximum absolute atomic E-state index is 11.1. The van der Waals surface area contributed by atoms with Crippen LogP contribution in [0.15, 0.2) is 0 Å². The first-order valence-corrected chi connectivity index (χ1v) is 4.83. The zero-order valence-corrected chi connectivity index (χ0v) is 8.42. The van der Waals surface area contributed by atoms with Crippen molar-refractivity contribution in [1.29, 1.82) is 5.26 Å². The Labute approximate surface area is 84.1 Å². The summed E-state index contributed by atoms with van der Waals surface area (Å²) in [5.74, 6) is -0.0740. The summed E-state index contributed by atoms with van der Waals surface area (Å²) in [6, 6.07) is 1.89. The van der Waals surface area contributed by atoms with Crippen molar-refractivity contribution in [2.24, 2.45) is 0 Å². The Morgan fingerprint density at radius 2 is 2.29 bits per heavy atom. The average Bonchev–Trinajstić information content (AvgIpc) is 2.26. The first-order valence-electron chi connectivity index (χ1n) is 4.83. The van der Waals surface area contributed by atoms with Crippen molar-refractivity contribution in [2.75, 3.05) is 33.2 Å². The number of amides is 1. The predicted octanol–water partition coefficient (Wildman–Crippen LogP) is -1.08. The van der Waals surface area contributed by atoms with Crippen molar-refractivity contribution in [3.05, 3.63) is 0 Å². The lowest BCUT2D eigenvalue weighted by Crippen LogP contribution is -2.49. The summed E-state index contributed by atoms with van der Waals surface area (Å²) >= 11 is 0. The molecule has 1 heterocycles. The summed E-state index contributed by atoms with van der Waals surface area (Å²) in [7, 11) is 1.59. The van der Waals surface area contributed by atoms with Crippen LogP contribution in [-0.2, 0) is 4.79 Å². The van der Waals surface area contributed by atoms with Crippen LogP contribution in [0.5, 0.6) is 0 Å². The smallest absolute Gasteiger partial charge is 0.222 e. The molecule has 2 N–H and O–H groups in total. The van der Waals surface area contributed by atoms with Gasteiger partial charge in [0.05, 0.1) is 12.5 Å². The third-order valence-electron chi connectivity index (χ3n) is 2.40. The van der Waals surface area contributed by atoms with Gasteiger partial charge in [0.25, 0.3) is 0 Å². The Kier molecular flexibility index (Phi) is 4.36. The fraction of sp³-hybridized carbons (Fsp3) is 0.778. The molecular weight excluding hydrogens is 180 g/mol. The second-order valence-corrected chi connectivity index (χ2v) is 3.31. The lowest BCUT2D eigenvalue weighted by molar-refractivity contribution is -0.121. The Morgan fingerprint density at radius 1 is 1.64 bits per heavy atom. The zero-order valence-electron chi connectivity index (χ0n) is 8.42. The zero-order chi connectivity index (χ0) is 10.4. The maximum atomic E-state index is 11.1. The molecule has 1 fully saturated rings. The van der Waals surface area contributed by atoms with Gasteiger partial charge in [-0.2, -0.15) is 5.26 Å². The van der Waals surface area contributed by atoms with Crippen LogP contribution in [0.3, 0.4) is 0 Å². The molecule has 1 amide bonds. The van der Waals surface area contributed by atoms with E-state index in [-0.39, 0.29) is 18.4 Å². The minimum atomic E-state index is -0.281. The van der Waals surface area contributed by atoms with Crippen molar-refractivity contribution in [2.45, 2.75) is 12.5 Å². The summed E-state index contributed by atoms with van der Waals surface area (Å²) in [6.07, 6.45) is 0.271. The van der Waals surface area contributed by atoms with Gasteiger partial charge in [0.2, 0.25) is 5.91 Å². The molecule has 0 aromatic carbocycles. The molecule has 0 spiro atoms. The number of nitriles is 1. The lowest BCUT2D eigenvalue weighted by Gasteiger charge is -2.30. The molecule has 78 valence electrons. The van der Waals surface area contributed by atoms with E-state index >= 15 is 0 Å². The van der Waals surface area contributed by atoms with Gasteiger partial charge in [-0.05, 0) is 0 Å². The number of nitrogens with zero attached hydrogens (tertiary/aromatic N) is 2. The highest BCUT2D eigenvalue weighted by Gasteiger charge is 2.21. The molecule has 1 saturated heterocycles. The lowest BCUT2D eigenvalue weighted by atomic mass is 10.1. The average molecular weight is 196 g/mol. The summed E-state index contributed by atoms with van der Waals surface area (Å²) in [4.78, 5) is 13.2. The van der Waals surface area contributed by atoms with Crippen LogP contribution >= 0.6 is 0 Å². The monoisotopic (exact) mass is 196 g/mol. The first-order chi connectivity index (χ1) is 6.77. The van der Waals surface area contributed by atoms with Crippen molar-refractivity contribution < 1.29 is 4.79 Å². The second-order valence-electron chi connectivity index (χ2n) is 3.31. The minimum absolute atomic E-state index is 0.0740. The van der Waals surface area contributed by atoms with Gasteiger partial charge in [0.1, 0.15) is 6.04 Å². The Balaban J connectivity index is 2.44. The van der Waals surface area contributed by atoms with E-state index in [0.717, 1.165) is 26.2 Å². The molecule has 0 bridgehead atoms. The Morgan fingerprint density at radius 3 is 2.79 bits per heavy atom. The number of carbonyl (C=O) groups excluding carboxylic acids is 1. The Hall–Kier alpha value is -1.12. The predicted molar refractivity (Wildman–Crippen MR) is 52.5 cm³/mol. The van der Waals surface area contributed by atoms with Crippen LogP contribution in [0.1, 0.15) is 6.42 Å². The number of hydrogen-bond donors (Lipinski definition) is 2. The molecule has 1 atom stereocenters. The highest BCUT2D eigenvalue weighted by molar-refractivity contribution is 5.76. The number of rotatable bonds is 3. The van der Waals surface area contributed by atoms with E-state index in [9.17, 15) is 4.79 Å². The quantitative estimate of drug-likeness (QED) is 0.602. The standard InChI is InChI=1S/C9H16N4O/c1-11-9(14)6-8(7-10)13-4-2-12-3-5-13/h8,12H,2-6H2,1H3,(H,11,14). The van der Waals surface area contributed by atoms with Gasteiger partial charge in [0, 0.05) is 33.2 Å². The first kappa shape index (κ1) is 11.0. The van der Waals surface area contributed by atoms with Crippen molar-refractivity contribution in [3.8, 4) is 6.07 Å². The molecule has 0 saturated carbocycles. The highest BCUT2D eigenvalue weighted by atomic mass is 16.1. The molecule has 0 aromatic rings. The number of hydrogen-bond acceptors (Lipinski definition) is 4. The van der Waals surface area contributed by atoms with Gasteiger partial charge in [-0.15, -0.1) is 0 Å². The number of carbonyl (C=O) groups is 1. The van der Waals surface area contributed by atoms with Gasteiger partial charge in [-0.25, -0.2) is 0 Å². The molecule has 0 aliphatic carbocycles. The van der Waals surface area contributed by atoms with Gasteiger partial charge < -0.3 is 10.6 Å². The van der Waals surface area contributed by atoms with Gasteiger partial charge >= 0.3 is 0 Å². The SMILES string of the molecule is CNC(=O)CC(C#N)N1CCNCC1. The third-order valence-corrected chi connectivity index (χ3v) is 2.40. The van der Waals surface area contributed by atoms with Gasteiger partial charge in [0.15, 0.2) is 0 Å². The summed E-state index contributed by atoms with van der Waals surface area (Å²) in [5.41, 5.74) is 0. The fourth-order valence-corrected chi connectivity index (χ4v) is 1.53. The van der Waals surface area contributed by atoms with Crippen LogP contribution in [0.25, 0.3) is 0 Å². The minimum Gasteiger partial charge on any atom is -0.359 e. The fourth-order valence-electron chi connectivity index (χ4n) is 1.53. The largest absolute Gasteiger partial charge is 0.359 e.